The summed E-state index contributed by atoms with van der Waals surface area (Å²) in [5, 5.41) is 9.80. The Balaban J connectivity index is 1.84. The predicted octanol–water partition coefficient (Wildman–Crippen LogP) is 1.09. The minimum absolute atomic E-state index is 0.443. The van der Waals surface area contributed by atoms with Gasteiger partial charge in [0.1, 0.15) is 6.33 Å². The number of aromatic nitrogens is 6. The van der Waals surface area contributed by atoms with Crippen LogP contribution in [-0.4, -0.2) is 36.2 Å². The quantitative estimate of drug-likeness (QED) is 0.693. The maximum absolute atomic E-state index is 5.02. The molecule has 0 aliphatic carbocycles. The van der Waals surface area contributed by atoms with E-state index in [1.807, 2.05) is 6.92 Å². The van der Waals surface area contributed by atoms with Crippen LogP contribution in [0.3, 0.4) is 0 Å². The summed E-state index contributed by atoms with van der Waals surface area (Å²) >= 11 is 0. The van der Waals surface area contributed by atoms with Crippen molar-refractivity contribution in [3.8, 4) is 5.95 Å². The van der Waals surface area contributed by atoms with Gasteiger partial charge in [-0.05, 0) is 6.92 Å². The molecule has 0 unspecified atom stereocenters. The van der Waals surface area contributed by atoms with Gasteiger partial charge in [0.25, 0.3) is 0 Å². The first-order valence-corrected chi connectivity index (χ1v) is 6.47. The second-order valence-corrected chi connectivity index (χ2v) is 4.12. The smallest absolute Gasteiger partial charge is 0.241 e. The predicted molar refractivity (Wildman–Crippen MR) is 74.9 cm³/mol. The van der Waals surface area contributed by atoms with E-state index >= 15 is 0 Å². The highest BCUT2D eigenvalue weighted by Crippen LogP contribution is 2.10. The van der Waals surface area contributed by atoms with Crippen molar-refractivity contribution >= 4 is 11.9 Å². The van der Waals surface area contributed by atoms with E-state index < -0.39 is 0 Å². The lowest BCUT2D eigenvalue weighted by molar-refractivity contribution is 0.387. The zero-order valence-electron chi connectivity index (χ0n) is 11.4. The van der Waals surface area contributed by atoms with Gasteiger partial charge in [-0.25, -0.2) is 4.98 Å². The summed E-state index contributed by atoms with van der Waals surface area (Å²) in [5.74, 6) is 2.13. The van der Waals surface area contributed by atoms with Gasteiger partial charge in [-0.15, -0.1) is 0 Å². The van der Waals surface area contributed by atoms with Crippen LogP contribution in [0.15, 0.2) is 35.5 Å². The summed E-state index contributed by atoms with van der Waals surface area (Å²) in [6, 6.07) is 1.77. The van der Waals surface area contributed by atoms with Crippen LogP contribution in [0.25, 0.3) is 5.95 Å². The first kappa shape index (κ1) is 13.0. The molecule has 0 fully saturated rings. The molecule has 0 bridgehead atoms. The summed E-state index contributed by atoms with van der Waals surface area (Å²) in [6.45, 7) is 3.14. The molecule has 3 heterocycles. The Labute approximate surface area is 120 Å². The van der Waals surface area contributed by atoms with Crippen LogP contribution in [0.2, 0.25) is 0 Å². The van der Waals surface area contributed by atoms with Gasteiger partial charge in [0.2, 0.25) is 17.8 Å². The Morgan fingerprint density at radius 3 is 2.67 bits per heavy atom. The maximum Gasteiger partial charge on any atom is 0.241 e. The van der Waals surface area contributed by atoms with Crippen molar-refractivity contribution in [2.24, 2.45) is 0 Å². The third-order valence-electron chi connectivity index (χ3n) is 2.61. The lowest BCUT2D eigenvalue weighted by Crippen LogP contribution is -2.11. The fourth-order valence-corrected chi connectivity index (χ4v) is 1.67. The molecule has 9 nitrogen and oxygen atoms in total. The number of imidazole rings is 1. The van der Waals surface area contributed by atoms with Crippen LogP contribution in [-0.2, 0) is 6.54 Å². The molecular formula is C12H14N8O. The molecule has 3 aromatic heterocycles. The van der Waals surface area contributed by atoms with Gasteiger partial charge in [0, 0.05) is 25.0 Å². The van der Waals surface area contributed by atoms with E-state index in [0.717, 1.165) is 6.54 Å². The normalized spacial score (nSPS) is 10.5. The Morgan fingerprint density at radius 2 is 2.00 bits per heavy atom. The summed E-state index contributed by atoms with van der Waals surface area (Å²) in [6.07, 6.45) is 6.65. The Kier molecular flexibility index (Phi) is 3.72. The molecule has 0 amide bonds. The molecule has 0 radical (unpaired) electrons. The zero-order valence-corrected chi connectivity index (χ0v) is 11.4. The first-order valence-electron chi connectivity index (χ1n) is 6.47. The minimum atomic E-state index is 0.443. The molecule has 108 valence electrons. The van der Waals surface area contributed by atoms with Crippen molar-refractivity contribution in [1.29, 1.82) is 0 Å². The van der Waals surface area contributed by atoms with Gasteiger partial charge in [-0.1, -0.05) is 5.16 Å². The van der Waals surface area contributed by atoms with Crippen molar-refractivity contribution < 1.29 is 4.52 Å². The summed E-state index contributed by atoms with van der Waals surface area (Å²) in [7, 11) is 0. The highest BCUT2D eigenvalue weighted by molar-refractivity contribution is 5.38. The number of nitrogens with zero attached hydrogens (tertiary/aromatic N) is 6. The summed E-state index contributed by atoms with van der Waals surface area (Å²) in [5.41, 5.74) is 0. The Hall–Kier alpha value is -2.97. The van der Waals surface area contributed by atoms with E-state index in [9.17, 15) is 0 Å². The Bertz CT molecular complexity index is 679. The minimum Gasteiger partial charge on any atom is -0.360 e. The third-order valence-corrected chi connectivity index (χ3v) is 2.61. The van der Waals surface area contributed by atoms with Gasteiger partial charge in [-0.2, -0.15) is 15.0 Å². The highest BCUT2D eigenvalue weighted by atomic mass is 16.5. The number of anilines is 2. The van der Waals surface area contributed by atoms with Gasteiger partial charge >= 0.3 is 0 Å². The second-order valence-electron chi connectivity index (χ2n) is 4.12. The van der Waals surface area contributed by atoms with E-state index in [-0.39, 0.29) is 0 Å². The molecule has 3 rings (SSSR count). The van der Waals surface area contributed by atoms with E-state index in [1.54, 1.807) is 35.6 Å². The van der Waals surface area contributed by atoms with Crippen LogP contribution < -0.4 is 10.6 Å². The molecule has 3 aromatic rings. The largest absolute Gasteiger partial charge is 0.360 e. The van der Waals surface area contributed by atoms with Crippen molar-refractivity contribution in [2.75, 3.05) is 17.2 Å². The lowest BCUT2D eigenvalue weighted by Gasteiger charge is -2.08. The van der Waals surface area contributed by atoms with E-state index in [0.29, 0.717) is 30.2 Å². The van der Waals surface area contributed by atoms with Crippen molar-refractivity contribution in [3.63, 3.8) is 0 Å². The molecule has 9 heteroatoms. The van der Waals surface area contributed by atoms with E-state index in [4.69, 9.17) is 4.52 Å². The number of nitrogens with one attached hydrogen (secondary N) is 2. The number of hydrogen-bond acceptors (Lipinski definition) is 8. The monoisotopic (exact) mass is 286 g/mol. The lowest BCUT2D eigenvalue weighted by atomic mass is 10.4. The van der Waals surface area contributed by atoms with Crippen LogP contribution in [0.4, 0.5) is 11.9 Å². The van der Waals surface area contributed by atoms with E-state index in [2.05, 4.69) is 35.7 Å². The average molecular weight is 286 g/mol. The van der Waals surface area contributed by atoms with Crippen molar-refractivity contribution in [3.05, 3.63) is 36.7 Å². The van der Waals surface area contributed by atoms with Crippen molar-refractivity contribution in [1.82, 2.24) is 29.7 Å². The van der Waals surface area contributed by atoms with Crippen LogP contribution in [0.5, 0.6) is 0 Å². The first-order chi connectivity index (χ1) is 10.3. The van der Waals surface area contributed by atoms with Gasteiger partial charge in [0.05, 0.1) is 12.7 Å². The highest BCUT2D eigenvalue weighted by Gasteiger charge is 2.08. The second kappa shape index (κ2) is 5.99. The summed E-state index contributed by atoms with van der Waals surface area (Å²) < 4.78 is 6.73. The molecule has 0 aliphatic rings. The molecule has 0 atom stereocenters. The molecule has 0 aliphatic heterocycles. The molecule has 0 spiro atoms. The van der Waals surface area contributed by atoms with Crippen molar-refractivity contribution in [2.45, 2.75) is 13.5 Å². The van der Waals surface area contributed by atoms with Gasteiger partial charge in [-0.3, -0.25) is 4.57 Å². The SMILES string of the molecule is CCNc1nc(NCc2ccno2)nc(-n2ccnc2)n1. The Morgan fingerprint density at radius 1 is 1.14 bits per heavy atom. The average Bonchev–Trinajstić information content (AvgIpc) is 3.19. The van der Waals surface area contributed by atoms with Crippen LogP contribution >= 0.6 is 0 Å². The zero-order chi connectivity index (χ0) is 14.5. The summed E-state index contributed by atoms with van der Waals surface area (Å²) in [4.78, 5) is 17.0. The van der Waals surface area contributed by atoms with Gasteiger partial charge < -0.3 is 15.2 Å². The molecule has 0 saturated heterocycles. The van der Waals surface area contributed by atoms with Crippen LogP contribution in [0.1, 0.15) is 12.7 Å². The molecule has 0 saturated carbocycles. The fourth-order valence-electron chi connectivity index (χ4n) is 1.67. The third kappa shape index (κ3) is 3.14. The van der Waals surface area contributed by atoms with Gasteiger partial charge in [0.15, 0.2) is 5.76 Å². The molecule has 0 aromatic carbocycles. The topological polar surface area (TPSA) is 107 Å². The fraction of sp³-hybridized carbons (Fsp3) is 0.250. The molecule has 21 heavy (non-hydrogen) atoms. The number of rotatable bonds is 6. The van der Waals surface area contributed by atoms with Crippen LogP contribution in [0, 0.1) is 0 Å². The standard InChI is InChI=1S/C12H14N8O/c1-2-14-10-17-11(15-7-9-3-4-16-21-9)19-12(18-10)20-6-5-13-8-20/h3-6,8H,2,7H2,1H3,(H2,14,15,17,18,19). The maximum atomic E-state index is 5.02. The molecule has 2 N–H and O–H groups in total. The number of hydrogen-bond donors (Lipinski definition) is 2. The molecular weight excluding hydrogens is 272 g/mol. The van der Waals surface area contributed by atoms with E-state index in [1.165, 1.54) is 0 Å².